The number of fused-ring (bicyclic) bond motifs is 1. The van der Waals surface area contributed by atoms with Gasteiger partial charge in [0.25, 0.3) is 5.91 Å². The van der Waals surface area contributed by atoms with Gasteiger partial charge in [0.15, 0.2) is 0 Å². The molecule has 1 saturated heterocycles. The van der Waals surface area contributed by atoms with E-state index in [4.69, 9.17) is 0 Å². The molecular formula is C22H29N3O2S. The van der Waals surface area contributed by atoms with Crippen LogP contribution in [0.2, 0.25) is 0 Å². The van der Waals surface area contributed by atoms with Crippen LogP contribution in [0.4, 0.5) is 0 Å². The van der Waals surface area contributed by atoms with Gasteiger partial charge >= 0.3 is 0 Å². The lowest BCUT2D eigenvalue weighted by Gasteiger charge is -2.33. The van der Waals surface area contributed by atoms with E-state index in [9.17, 15) is 9.59 Å². The number of carbonyl (C=O) groups excluding carboxylic acids is 2. The number of nitrogens with zero attached hydrogens (tertiary/aromatic N) is 2. The molecule has 2 aliphatic rings. The van der Waals surface area contributed by atoms with Crippen molar-refractivity contribution in [3.63, 3.8) is 0 Å². The topological polar surface area (TPSA) is 54.3 Å². The van der Waals surface area contributed by atoms with Crippen molar-refractivity contribution in [2.24, 2.45) is 5.92 Å². The highest BCUT2D eigenvalue weighted by Gasteiger charge is 2.29. The average molecular weight is 400 g/mol. The van der Waals surface area contributed by atoms with Crippen LogP contribution >= 0.6 is 11.3 Å². The third-order valence-corrected chi connectivity index (χ3v) is 7.16. The molecule has 1 N–H and O–H groups in total. The second kappa shape index (κ2) is 8.11. The summed E-state index contributed by atoms with van der Waals surface area (Å²) in [6, 6.07) is 4.14. The summed E-state index contributed by atoms with van der Waals surface area (Å²) in [4.78, 5) is 28.8. The van der Waals surface area contributed by atoms with Gasteiger partial charge in [0.1, 0.15) is 5.00 Å². The SMILES string of the molecule is CC(C)C(=O)N1CCC(NC(=O)c2c(-n3cccc3)sc3c2CCCC3)CC1. The van der Waals surface area contributed by atoms with Crippen LogP contribution in [0.5, 0.6) is 0 Å². The number of rotatable bonds is 4. The largest absolute Gasteiger partial charge is 0.349 e. The Morgan fingerprint density at radius 1 is 1.11 bits per heavy atom. The molecule has 2 aromatic heterocycles. The molecule has 0 aromatic carbocycles. The van der Waals surface area contributed by atoms with Crippen molar-refractivity contribution >= 4 is 23.2 Å². The van der Waals surface area contributed by atoms with E-state index < -0.39 is 0 Å². The zero-order valence-electron chi connectivity index (χ0n) is 16.7. The molecule has 0 saturated carbocycles. The van der Waals surface area contributed by atoms with Crippen LogP contribution in [0.15, 0.2) is 24.5 Å². The van der Waals surface area contributed by atoms with Crippen molar-refractivity contribution < 1.29 is 9.59 Å². The summed E-state index contributed by atoms with van der Waals surface area (Å²) in [6.07, 6.45) is 10.1. The van der Waals surface area contributed by atoms with Gasteiger partial charge in [-0.3, -0.25) is 9.59 Å². The molecule has 1 aliphatic carbocycles. The van der Waals surface area contributed by atoms with Crippen molar-refractivity contribution in [3.05, 3.63) is 40.5 Å². The Morgan fingerprint density at radius 3 is 2.46 bits per heavy atom. The number of aryl methyl sites for hydroxylation is 1. The minimum atomic E-state index is 0.0348. The van der Waals surface area contributed by atoms with Gasteiger partial charge in [-0.05, 0) is 56.2 Å². The van der Waals surface area contributed by atoms with Gasteiger partial charge in [-0.15, -0.1) is 11.3 Å². The fraction of sp³-hybridized carbons (Fsp3) is 0.545. The van der Waals surface area contributed by atoms with E-state index in [0.717, 1.165) is 55.8 Å². The van der Waals surface area contributed by atoms with Crippen molar-refractivity contribution in [1.82, 2.24) is 14.8 Å². The maximum atomic E-state index is 13.3. The van der Waals surface area contributed by atoms with E-state index in [1.807, 2.05) is 43.3 Å². The monoisotopic (exact) mass is 399 g/mol. The van der Waals surface area contributed by atoms with E-state index in [1.54, 1.807) is 11.3 Å². The van der Waals surface area contributed by atoms with E-state index >= 15 is 0 Å². The van der Waals surface area contributed by atoms with Crippen LogP contribution in [-0.4, -0.2) is 40.4 Å². The maximum absolute atomic E-state index is 13.3. The summed E-state index contributed by atoms with van der Waals surface area (Å²) in [6.45, 7) is 5.35. The maximum Gasteiger partial charge on any atom is 0.254 e. The minimum absolute atomic E-state index is 0.0348. The first-order chi connectivity index (χ1) is 13.5. The van der Waals surface area contributed by atoms with Crippen LogP contribution in [0.3, 0.4) is 0 Å². The van der Waals surface area contributed by atoms with Crippen molar-refractivity contribution in [2.45, 2.75) is 58.4 Å². The smallest absolute Gasteiger partial charge is 0.254 e. The summed E-state index contributed by atoms with van der Waals surface area (Å²) < 4.78 is 2.07. The minimum Gasteiger partial charge on any atom is -0.349 e. The molecule has 1 aliphatic heterocycles. The summed E-state index contributed by atoms with van der Waals surface area (Å²) >= 11 is 1.77. The summed E-state index contributed by atoms with van der Waals surface area (Å²) in [5.74, 6) is 0.302. The van der Waals surface area contributed by atoms with Crippen molar-refractivity contribution in [1.29, 1.82) is 0 Å². The Morgan fingerprint density at radius 2 is 1.79 bits per heavy atom. The second-order valence-corrected chi connectivity index (χ2v) is 9.29. The first kappa shape index (κ1) is 19.2. The molecule has 4 rings (SSSR count). The zero-order chi connectivity index (χ0) is 19.7. The zero-order valence-corrected chi connectivity index (χ0v) is 17.6. The Balaban J connectivity index is 1.50. The predicted octanol–water partition coefficient (Wildman–Crippen LogP) is 3.79. The van der Waals surface area contributed by atoms with E-state index in [2.05, 4.69) is 9.88 Å². The van der Waals surface area contributed by atoms with Gasteiger partial charge in [-0.2, -0.15) is 0 Å². The highest BCUT2D eigenvalue weighted by molar-refractivity contribution is 7.15. The quantitative estimate of drug-likeness (QED) is 0.850. The number of thiophene rings is 1. The van der Waals surface area contributed by atoms with E-state index in [-0.39, 0.29) is 23.8 Å². The van der Waals surface area contributed by atoms with Gasteiger partial charge in [0.05, 0.1) is 5.56 Å². The third-order valence-electron chi connectivity index (χ3n) is 5.85. The van der Waals surface area contributed by atoms with Gasteiger partial charge in [0, 0.05) is 42.3 Å². The number of carbonyl (C=O) groups is 2. The van der Waals surface area contributed by atoms with Crippen LogP contribution in [-0.2, 0) is 17.6 Å². The summed E-state index contributed by atoms with van der Waals surface area (Å²) in [5, 5.41) is 4.32. The molecule has 0 spiro atoms. The Hall–Kier alpha value is -2.08. The van der Waals surface area contributed by atoms with Crippen LogP contribution in [0, 0.1) is 5.92 Å². The van der Waals surface area contributed by atoms with E-state index in [0.29, 0.717) is 0 Å². The molecule has 0 bridgehead atoms. The van der Waals surface area contributed by atoms with Gasteiger partial charge in [-0.25, -0.2) is 0 Å². The number of hydrogen-bond donors (Lipinski definition) is 1. The molecule has 1 fully saturated rings. The molecule has 150 valence electrons. The fourth-order valence-electron chi connectivity index (χ4n) is 4.30. The van der Waals surface area contributed by atoms with E-state index in [1.165, 1.54) is 16.9 Å². The van der Waals surface area contributed by atoms with Crippen molar-refractivity contribution in [2.75, 3.05) is 13.1 Å². The molecule has 3 heterocycles. The normalized spacial score (nSPS) is 17.6. The average Bonchev–Trinajstić information content (AvgIpc) is 3.35. The first-order valence-corrected chi connectivity index (χ1v) is 11.2. The first-order valence-electron chi connectivity index (χ1n) is 10.4. The molecule has 5 nitrogen and oxygen atoms in total. The van der Waals surface area contributed by atoms with Crippen LogP contribution in [0.1, 0.15) is 60.3 Å². The number of piperidine rings is 1. The van der Waals surface area contributed by atoms with Gasteiger partial charge < -0.3 is 14.8 Å². The molecule has 28 heavy (non-hydrogen) atoms. The highest BCUT2D eigenvalue weighted by atomic mass is 32.1. The Kier molecular flexibility index (Phi) is 5.58. The van der Waals surface area contributed by atoms with Crippen molar-refractivity contribution in [3.8, 4) is 5.00 Å². The van der Waals surface area contributed by atoms with Gasteiger partial charge in [0.2, 0.25) is 5.91 Å². The highest BCUT2D eigenvalue weighted by Crippen LogP contribution is 2.37. The standard InChI is InChI=1S/C22H29N3O2S/c1-15(2)21(27)24-13-9-16(10-14-24)23-20(26)19-17-7-3-4-8-18(17)28-22(19)25-11-5-6-12-25/h5-6,11-12,15-16H,3-4,7-10,13-14H2,1-2H3,(H,23,26). The van der Waals surface area contributed by atoms with Crippen LogP contribution < -0.4 is 5.32 Å². The number of amides is 2. The molecule has 6 heteroatoms. The fourth-order valence-corrected chi connectivity index (χ4v) is 5.66. The lowest BCUT2D eigenvalue weighted by atomic mass is 9.94. The molecule has 0 radical (unpaired) electrons. The summed E-state index contributed by atoms with van der Waals surface area (Å²) in [7, 11) is 0. The van der Waals surface area contributed by atoms with Gasteiger partial charge in [-0.1, -0.05) is 13.8 Å². The number of hydrogen-bond acceptors (Lipinski definition) is 3. The second-order valence-electron chi connectivity index (χ2n) is 8.21. The third kappa shape index (κ3) is 3.75. The number of aromatic nitrogens is 1. The molecule has 0 atom stereocenters. The predicted molar refractivity (Wildman–Crippen MR) is 112 cm³/mol. The number of nitrogens with one attached hydrogen (secondary N) is 1. The van der Waals surface area contributed by atoms with Crippen LogP contribution in [0.25, 0.3) is 5.00 Å². The molecule has 0 unspecified atom stereocenters. The molecular weight excluding hydrogens is 370 g/mol. The lowest BCUT2D eigenvalue weighted by molar-refractivity contribution is -0.135. The Labute approximate surface area is 170 Å². The Bertz CT molecular complexity index is 846. The molecule has 2 aromatic rings. The lowest BCUT2D eigenvalue weighted by Crippen LogP contribution is -2.47. The summed E-state index contributed by atoms with van der Waals surface area (Å²) in [5.41, 5.74) is 2.13. The number of likely N-dealkylation sites (tertiary alicyclic amines) is 1. The molecule has 2 amide bonds.